The first kappa shape index (κ1) is 17.4. The van der Waals surface area contributed by atoms with E-state index in [1.165, 1.54) is 5.56 Å². The third-order valence-corrected chi connectivity index (χ3v) is 4.17. The summed E-state index contributed by atoms with van der Waals surface area (Å²) in [6.45, 7) is 4.81. The maximum Gasteiger partial charge on any atom is 0.191 e. The molecule has 7 heteroatoms. The summed E-state index contributed by atoms with van der Waals surface area (Å²) in [7, 11) is 1.78. The second kappa shape index (κ2) is 8.62. The highest BCUT2D eigenvalue weighted by Crippen LogP contribution is 2.22. The Morgan fingerprint density at radius 1 is 1.36 bits per heavy atom. The van der Waals surface area contributed by atoms with Crippen molar-refractivity contribution in [3.8, 4) is 0 Å². The van der Waals surface area contributed by atoms with Crippen LogP contribution in [0.2, 0.25) is 0 Å². The predicted octanol–water partition coefficient (Wildman–Crippen LogP) is 1.80. The van der Waals surface area contributed by atoms with Crippen molar-refractivity contribution in [2.24, 2.45) is 4.99 Å². The largest absolute Gasteiger partial charge is 0.375 e. The number of aryl methyl sites for hydroxylation is 2. The Morgan fingerprint density at radius 2 is 2.20 bits per heavy atom. The number of aromatic nitrogens is 3. The maximum atomic E-state index is 5.69. The van der Waals surface area contributed by atoms with E-state index in [2.05, 4.69) is 37.8 Å². The fourth-order valence-corrected chi connectivity index (χ4v) is 2.97. The molecule has 25 heavy (non-hydrogen) atoms. The molecule has 3 rings (SSSR count). The summed E-state index contributed by atoms with van der Waals surface area (Å²) >= 11 is 0. The summed E-state index contributed by atoms with van der Waals surface area (Å²) in [4.78, 5) is 8.84. The van der Waals surface area contributed by atoms with Crippen LogP contribution in [0.5, 0.6) is 0 Å². The highest BCUT2D eigenvalue weighted by molar-refractivity contribution is 5.80. The summed E-state index contributed by atoms with van der Waals surface area (Å²) < 4.78 is 7.69. The van der Waals surface area contributed by atoms with Crippen LogP contribution in [0.15, 0.2) is 35.3 Å². The summed E-state index contributed by atoms with van der Waals surface area (Å²) in [5, 5.41) is 11.2. The van der Waals surface area contributed by atoms with Gasteiger partial charge in [0.1, 0.15) is 11.6 Å². The van der Waals surface area contributed by atoms with E-state index < -0.39 is 0 Å². The molecule has 0 saturated heterocycles. The Morgan fingerprint density at radius 3 is 3.00 bits per heavy atom. The zero-order valence-electron chi connectivity index (χ0n) is 14.9. The normalized spacial score (nSPS) is 17.2. The lowest BCUT2D eigenvalue weighted by Crippen LogP contribution is -2.42. The summed E-state index contributed by atoms with van der Waals surface area (Å²) in [6, 6.07) is 10.3. The predicted molar refractivity (Wildman–Crippen MR) is 97.3 cm³/mol. The van der Waals surface area contributed by atoms with Crippen LogP contribution < -0.4 is 10.6 Å². The third-order valence-electron chi connectivity index (χ3n) is 4.17. The lowest BCUT2D eigenvalue weighted by Gasteiger charge is -2.25. The van der Waals surface area contributed by atoms with E-state index in [0.717, 1.165) is 37.0 Å². The molecule has 1 aliphatic heterocycles. The van der Waals surface area contributed by atoms with Crippen molar-refractivity contribution in [3.63, 3.8) is 0 Å². The topological polar surface area (TPSA) is 76.4 Å². The van der Waals surface area contributed by atoms with Crippen LogP contribution in [0.25, 0.3) is 0 Å². The molecule has 134 valence electrons. The molecule has 7 nitrogen and oxygen atoms in total. The lowest BCUT2D eigenvalue weighted by molar-refractivity contribution is 0.125. The molecule has 2 N–H and O–H groups in total. The van der Waals surface area contributed by atoms with Crippen molar-refractivity contribution in [2.45, 2.75) is 39.0 Å². The van der Waals surface area contributed by atoms with Gasteiger partial charge in [-0.3, -0.25) is 4.99 Å². The van der Waals surface area contributed by atoms with Gasteiger partial charge in [0.05, 0.1) is 19.3 Å². The van der Waals surface area contributed by atoms with E-state index in [9.17, 15) is 0 Å². The van der Waals surface area contributed by atoms with E-state index in [0.29, 0.717) is 19.8 Å². The minimum Gasteiger partial charge on any atom is -0.375 e. The van der Waals surface area contributed by atoms with E-state index in [-0.39, 0.29) is 6.04 Å². The Hall–Kier alpha value is -2.41. The lowest BCUT2D eigenvalue weighted by atomic mass is 10.1. The Balaban J connectivity index is 1.43. The molecular formula is C18H26N6O. The van der Waals surface area contributed by atoms with Gasteiger partial charge in [0.25, 0.3) is 0 Å². The number of hydrogen-bond donors (Lipinski definition) is 2. The summed E-state index contributed by atoms with van der Waals surface area (Å²) in [5.74, 6) is 2.58. The van der Waals surface area contributed by atoms with Crippen LogP contribution in [0.3, 0.4) is 0 Å². The fourth-order valence-electron chi connectivity index (χ4n) is 2.97. The number of rotatable bonds is 6. The number of ether oxygens (including phenoxy) is 1. The van der Waals surface area contributed by atoms with E-state index in [1.54, 1.807) is 7.05 Å². The Labute approximate surface area is 148 Å². The van der Waals surface area contributed by atoms with Gasteiger partial charge in [0.2, 0.25) is 0 Å². The molecule has 1 unspecified atom stereocenters. The molecule has 0 saturated carbocycles. The average molecular weight is 342 g/mol. The summed E-state index contributed by atoms with van der Waals surface area (Å²) in [6.07, 6.45) is 2.12. The van der Waals surface area contributed by atoms with Gasteiger partial charge in [0, 0.05) is 20.1 Å². The minimum absolute atomic E-state index is 0.145. The van der Waals surface area contributed by atoms with Crippen molar-refractivity contribution in [3.05, 3.63) is 47.5 Å². The number of nitrogens with zero attached hydrogens (tertiary/aromatic N) is 4. The van der Waals surface area contributed by atoms with Gasteiger partial charge in [-0.25, -0.2) is 9.67 Å². The summed E-state index contributed by atoms with van der Waals surface area (Å²) in [5.41, 5.74) is 1.18. The highest BCUT2D eigenvalue weighted by atomic mass is 16.5. The van der Waals surface area contributed by atoms with E-state index in [1.807, 2.05) is 29.8 Å². The van der Waals surface area contributed by atoms with Gasteiger partial charge >= 0.3 is 0 Å². The first-order valence-electron chi connectivity index (χ1n) is 8.76. The molecule has 0 aliphatic carbocycles. The number of nitrogens with one attached hydrogen (secondary N) is 2. The molecule has 1 atom stereocenters. The number of benzene rings is 1. The van der Waals surface area contributed by atoms with Crippen LogP contribution >= 0.6 is 0 Å². The van der Waals surface area contributed by atoms with Crippen LogP contribution in [-0.2, 0) is 17.9 Å². The van der Waals surface area contributed by atoms with Crippen molar-refractivity contribution in [1.29, 1.82) is 0 Å². The van der Waals surface area contributed by atoms with Crippen molar-refractivity contribution >= 4 is 5.96 Å². The fraction of sp³-hybridized carbons (Fsp3) is 0.500. The Kier molecular flexibility index (Phi) is 6.00. The van der Waals surface area contributed by atoms with Crippen LogP contribution in [0.4, 0.5) is 0 Å². The molecule has 1 aliphatic rings. The molecule has 1 aromatic heterocycles. The first-order chi connectivity index (χ1) is 12.3. The van der Waals surface area contributed by atoms with Gasteiger partial charge in [-0.1, -0.05) is 30.3 Å². The molecule has 2 heterocycles. The monoisotopic (exact) mass is 342 g/mol. The minimum atomic E-state index is 0.145. The average Bonchev–Trinajstić information content (AvgIpc) is 3.02. The van der Waals surface area contributed by atoms with E-state index >= 15 is 0 Å². The van der Waals surface area contributed by atoms with Crippen molar-refractivity contribution in [1.82, 2.24) is 25.4 Å². The molecule has 0 amide bonds. The maximum absolute atomic E-state index is 5.69. The second-order valence-corrected chi connectivity index (χ2v) is 6.12. The Bertz CT molecular complexity index is 697. The molecule has 0 fully saturated rings. The zero-order chi connectivity index (χ0) is 17.5. The van der Waals surface area contributed by atoms with Gasteiger partial charge in [-0.05, 0) is 25.3 Å². The second-order valence-electron chi connectivity index (χ2n) is 6.12. The molecule has 2 aromatic rings. The number of hydrogen-bond acceptors (Lipinski definition) is 4. The third kappa shape index (κ3) is 4.79. The first-order valence-corrected chi connectivity index (χ1v) is 8.76. The SMILES string of the molecule is CN=C(NCCOCc1ccccc1)NC1CCCn2nc(C)nc21. The van der Waals surface area contributed by atoms with Gasteiger partial charge in [0.15, 0.2) is 5.96 Å². The van der Waals surface area contributed by atoms with Crippen molar-refractivity contribution < 1.29 is 4.74 Å². The molecule has 1 aromatic carbocycles. The van der Waals surface area contributed by atoms with Gasteiger partial charge < -0.3 is 15.4 Å². The molecule has 0 radical (unpaired) electrons. The molecule has 0 bridgehead atoms. The highest BCUT2D eigenvalue weighted by Gasteiger charge is 2.24. The van der Waals surface area contributed by atoms with E-state index in [4.69, 9.17) is 4.74 Å². The molecular weight excluding hydrogens is 316 g/mol. The van der Waals surface area contributed by atoms with Crippen LogP contribution in [0.1, 0.15) is 36.1 Å². The van der Waals surface area contributed by atoms with Gasteiger partial charge in [-0.2, -0.15) is 5.10 Å². The van der Waals surface area contributed by atoms with Crippen molar-refractivity contribution in [2.75, 3.05) is 20.2 Å². The number of aliphatic imine (C=N–C) groups is 1. The van der Waals surface area contributed by atoms with Crippen LogP contribution in [0, 0.1) is 6.92 Å². The van der Waals surface area contributed by atoms with Crippen LogP contribution in [-0.4, -0.2) is 40.9 Å². The number of guanidine groups is 1. The van der Waals surface area contributed by atoms with Gasteiger partial charge in [-0.15, -0.1) is 0 Å². The smallest absolute Gasteiger partial charge is 0.191 e. The zero-order valence-corrected chi connectivity index (χ0v) is 14.9. The molecule has 0 spiro atoms. The number of fused-ring (bicyclic) bond motifs is 1. The quantitative estimate of drug-likeness (QED) is 0.476. The standard InChI is InChI=1S/C18H26N6O/c1-14-21-17-16(9-6-11-24(17)23-14)22-18(19-2)20-10-12-25-13-15-7-4-3-5-8-15/h3-5,7-8,16H,6,9-13H2,1-2H3,(H2,19,20,22).